The summed E-state index contributed by atoms with van der Waals surface area (Å²) < 4.78 is 12.2. The molecule has 3 aromatic rings. The van der Waals surface area contributed by atoms with Gasteiger partial charge in [-0.15, -0.1) is 0 Å². The molecule has 128 valence electrons. The molecule has 1 amide bonds. The molecule has 25 heavy (non-hydrogen) atoms. The van der Waals surface area contributed by atoms with Gasteiger partial charge in [-0.2, -0.15) is 0 Å². The zero-order valence-corrected chi connectivity index (χ0v) is 14.2. The number of aromatic amines is 1. The molecule has 2 aromatic carbocycles. The molecule has 4 nitrogen and oxygen atoms in total. The van der Waals surface area contributed by atoms with E-state index in [1.54, 1.807) is 0 Å². The molecular formula is C19H17ClFN3O. The van der Waals surface area contributed by atoms with Crippen LogP contribution in [0.4, 0.5) is 4.39 Å². The highest BCUT2D eigenvalue weighted by atomic mass is 35.5. The number of aromatic nitrogens is 1. The molecule has 1 aliphatic rings. The van der Waals surface area contributed by atoms with E-state index in [1.807, 2.05) is 30.3 Å². The number of rotatable bonds is 5. The van der Waals surface area contributed by atoms with E-state index in [4.69, 9.17) is 11.6 Å². The second-order valence-electron chi connectivity index (χ2n) is 6.10. The SMILES string of the molecule is O=C1NCc2c(Cl)ccc(-c3cc4cc(CNCCF)ccc4[nH]3)c21. The Morgan fingerprint density at radius 1 is 1.20 bits per heavy atom. The van der Waals surface area contributed by atoms with Crippen molar-refractivity contribution in [3.63, 3.8) is 0 Å². The van der Waals surface area contributed by atoms with Crippen LogP contribution < -0.4 is 10.6 Å². The van der Waals surface area contributed by atoms with Crippen LogP contribution in [-0.4, -0.2) is 24.1 Å². The van der Waals surface area contributed by atoms with Crippen LogP contribution >= 0.6 is 11.6 Å². The summed E-state index contributed by atoms with van der Waals surface area (Å²) in [5, 5.41) is 7.54. The number of alkyl halides is 1. The molecule has 0 saturated heterocycles. The fraction of sp³-hybridized carbons (Fsp3) is 0.211. The lowest BCUT2D eigenvalue weighted by Crippen LogP contribution is -2.15. The lowest BCUT2D eigenvalue weighted by molar-refractivity contribution is 0.0966. The van der Waals surface area contributed by atoms with Crippen molar-refractivity contribution in [3.8, 4) is 11.3 Å². The highest BCUT2D eigenvalue weighted by Crippen LogP contribution is 2.34. The summed E-state index contributed by atoms with van der Waals surface area (Å²) in [6, 6.07) is 11.8. The van der Waals surface area contributed by atoms with E-state index in [9.17, 15) is 9.18 Å². The lowest BCUT2D eigenvalue weighted by Gasteiger charge is -2.06. The van der Waals surface area contributed by atoms with Crippen LogP contribution in [0.3, 0.4) is 0 Å². The molecule has 2 heterocycles. The molecule has 0 radical (unpaired) electrons. The highest BCUT2D eigenvalue weighted by Gasteiger charge is 2.26. The second kappa shape index (κ2) is 6.50. The summed E-state index contributed by atoms with van der Waals surface area (Å²) >= 11 is 6.22. The van der Waals surface area contributed by atoms with E-state index < -0.39 is 0 Å². The Balaban J connectivity index is 1.73. The number of halogens is 2. The Labute approximate surface area is 149 Å². The summed E-state index contributed by atoms with van der Waals surface area (Å²) in [4.78, 5) is 15.6. The average molecular weight is 358 g/mol. The molecular weight excluding hydrogens is 341 g/mol. The van der Waals surface area contributed by atoms with E-state index in [1.165, 1.54) is 0 Å². The molecule has 0 spiro atoms. The van der Waals surface area contributed by atoms with Gasteiger partial charge in [-0.05, 0) is 29.8 Å². The predicted octanol–water partition coefficient (Wildman–Crippen LogP) is 3.79. The quantitative estimate of drug-likeness (QED) is 0.608. The maximum Gasteiger partial charge on any atom is 0.252 e. The first-order valence-electron chi connectivity index (χ1n) is 8.15. The van der Waals surface area contributed by atoms with Crippen LogP contribution in [0, 0.1) is 0 Å². The molecule has 0 aliphatic carbocycles. The van der Waals surface area contributed by atoms with Crippen molar-refractivity contribution in [1.29, 1.82) is 0 Å². The molecule has 1 aliphatic heterocycles. The number of carbonyl (C=O) groups is 1. The molecule has 0 atom stereocenters. The molecule has 1 aromatic heterocycles. The van der Waals surface area contributed by atoms with Crippen molar-refractivity contribution in [1.82, 2.24) is 15.6 Å². The monoisotopic (exact) mass is 357 g/mol. The van der Waals surface area contributed by atoms with Gasteiger partial charge in [0.05, 0.1) is 5.56 Å². The van der Waals surface area contributed by atoms with Crippen molar-refractivity contribution >= 4 is 28.4 Å². The Hall–Kier alpha value is -2.37. The van der Waals surface area contributed by atoms with Crippen LogP contribution in [0.2, 0.25) is 5.02 Å². The van der Waals surface area contributed by atoms with E-state index in [0.717, 1.165) is 33.3 Å². The number of amides is 1. The predicted molar refractivity (Wildman–Crippen MR) is 97.6 cm³/mol. The number of nitrogens with one attached hydrogen (secondary N) is 3. The van der Waals surface area contributed by atoms with Gasteiger partial charge in [0.15, 0.2) is 0 Å². The van der Waals surface area contributed by atoms with Gasteiger partial charge < -0.3 is 15.6 Å². The minimum Gasteiger partial charge on any atom is -0.355 e. The summed E-state index contributed by atoms with van der Waals surface area (Å²) in [6.07, 6.45) is 0. The molecule has 4 rings (SSSR count). The third kappa shape index (κ3) is 2.90. The lowest BCUT2D eigenvalue weighted by atomic mass is 10.0. The maximum atomic E-state index is 12.2. The fourth-order valence-electron chi connectivity index (χ4n) is 3.27. The van der Waals surface area contributed by atoms with Crippen molar-refractivity contribution in [3.05, 3.63) is 58.1 Å². The Kier molecular flexibility index (Phi) is 4.19. The molecule has 0 fully saturated rings. The summed E-state index contributed by atoms with van der Waals surface area (Å²) in [5.41, 5.74) is 5.30. The molecule has 0 bridgehead atoms. The Bertz CT molecular complexity index is 967. The first-order chi connectivity index (χ1) is 12.2. The largest absolute Gasteiger partial charge is 0.355 e. The van der Waals surface area contributed by atoms with Crippen molar-refractivity contribution < 1.29 is 9.18 Å². The summed E-state index contributed by atoms with van der Waals surface area (Å²) in [7, 11) is 0. The standard InChI is InChI=1S/C19H17ClFN3O/c20-15-3-2-13(18-14(15)10-23-19(18)25)17-8-12-7-11(9-22-6-5-21)1-4-16(12)24-17/h1-4,7-8,22,24H,5-6,9-10H2,(H,23,25). The van der Waals surface area contributed by atoms with Gasteiger partial charge in [-0.1, -0.05) is 23.7 Å². The van der Waals surface area contributed by atoms with E-state index >= 15 is 0 Å². The van der Waals surface area contributed by atoms with Gasteiger partial charge >= 0.3 is 0 Å². The van der Waals surface area contributed by atoms with E-state index in [2.05, 4.69) is 21.7 Å². The van der Waals surface area contributed by atoms with Crippen molar-refractivity contribution in [2.45, 2.75) is 13.1 Å². The maximum absolute atomic E-state index is 12.2. The second-order valence-corrected chi connectivity index (χ2v) is 6.51. The smallest absolute Gasteiger partial charge is 0.252 e. The minimum absolute atomic E-state index is 0.0951. The molecule has 0 unspecified atom stereocenters. The molecule has 3 N–H and O–H groups in total. The van der Waals surface area contributed by atoms with Crippen LogP contribution in [0.15, 0.2) is 36.4 Å². The van der Waals surface area contributed by atoms with Gasteiger partial charge in [0.1, 0.15) is 6.67 Å². The normalized spacial score (nSPS) is 13.3. The van der Waals surface area contributed by atoms with Crippen LogP contribution in [-0.2, 0) is 13.1 Å². The Morgan fingerprint density at radius 2 is 2.08 bits per heavy atom. The van der Waals surface area contributed by atoms with Gasteiger partial charge in [0, 0.05) is 52.4 Å². The first kappa shape index (κ1) is 16.1. The van der Waals surface area contributed by atoms with E-state index in [-0.39, 0.29) is 12.6 Å². The molecule has 6 heteroatoms. The first-order valence-corrected chi connectivity index (χ1v) is 8.53. The third-order valence-electron chi connectivity index (χ3n) is 4.48. The number of carbonyl (C=O) groups excluding carboxylic acids is 1. The van der Waals surface area contributed by atoms with E-state index in [0.29, 0.717) is 30.2 Å². The molecule has 0 saturated carbocycles. The van der Waals surface area contributed by atoms with Crippen LogP contribution in [0.25, 0.3) is 22.2 Å². The van der Waals surface area contributed by atoms with Crippen LogP contribution in [0.5, 0.6) is 0 Å². The Morgan fingerprint density at radius 3 is 2.92 bits per heavy atom. The zero-order chi connectivity index (χ0) is 17.4. The van der Waals surface area contributed by atoms with Gasteiger partial charge in [0.25, 0.3) is 5.91 Å². The number of H-pyrrole nitrogens is 1. The van der Waals surface area contributed by atoms with Crippen molar-refractivity contribution in [2.75, 3.05) is 13.2 Å². The van der Waals surface area contributed by atoms with Gasteiger partial charge in [-0.3, -0.25) is 4.79 Å². The third-order valence-corrected chi connectivity index (χ3v) is 4.84. The highest BCUT2D eigenvalue weighted by molar-refractivity contribution is 6.32. The van der Waals surface area contributed by atoms with Crippen molar-refractivity contribution in [2.24, 2.45) is 0 Å². The summed E-state index contributed by atoms with van der Waals surface area (Å²) in [6.45, 7) is 1.06. The number of hydrogen-bond acceptors (Lipinski definition) is 2. The zero-order valence-electron chi connectivity index (χ0n) is 13.5. The fourth-order valence-corrected chi connectivity index (χ4v) is 3.50. The number of fused-ring (bicyclic) bond motifs is 2. The average Bonchev–Trinajstić information content (AvgIpc) is 3.20. The summed E-state index contributed by atoms with van der Waals surface area (Å²) in [5.74, 6) is -0.0951. The minimum atomic E-state index is -0.375. The number of benzene rings is 2. The topological polar surface area (TPSA) is 56.9 Å². The van der Waals surface area contributed by atoms with Gasteiger partial charge in [-0.25, -0.2) is 4.39 Å². The van der Waals surface area contributed by atoms with Crippen LogP contribution in [0.1, 0.15) is 21.5 Å². The number of hydrogen-bond donors (Lipinski definition) is 3. The van der Waals surface area contributed by atoms with Gasteiger partial charge in [0.2, 0.25) is 0 Å².